The van der Waals surface area contributed by atoms with Crippen LogP contribution in [0.4, 0.5) is 5.69 Å². The molecule has 1 aromatic carbocycles. The molecule has 0 aliphatic heterocycles. The van der Waals surface area contributed by atoms with Crippen molar-refractivity contribution in [3.05, 3.63) is 28.8 Å². The molecule has 0 heterocycles. The minimum absolute atomic E-state index is 0.0586. The standard InChI is InChI=1S/C13H20ClN3O2/c1-9(2)19-7-6-17(3)12-8-10(14)4-5-11(12)13(15)16-18/h4-5,8-9,18H,6-7H2,1-3H3,(H2,15,16). The van der Waals surface area contributed by atoms with Gasteiger partial charge < -0.3 is 20.6 Å². The van der Waals surface area contributed by atoms with Crippen molar-refractivity contribution < 1.29 is 9.94 Å². The fourth-order valence-electron chi connectivity index (χ4n) is 1.64. The number of rotatable bonds is 6. The maximum atomic E-state index is 8.80. The number of likely N-dealkylation sites (N-methyl/N-ethyl adjacent to an activating group) is 1. The third-order valence-corrected chi connectivity index (χ3v) is 2.87. The Balaban J connectivity index is 2.88. The fourth-order valence-corrected chi connectivity index (χ4v) is 1.80. The van der Waals surface area contributed by atoms with E-state index in [0.29, 0.717) is 23.7 Å². The molecule has 0 atom stereocenters. The molecule has 0 aliphatic carbocycles. The molecule has 0 amide bonds. The molecule has 6 heteroatoms. The van der Waals surface area contributed by atoms with Gasteiger partial charge in [-0.05, 0) is 32.0 Å². The van der Waals surface area contributed by atoms with Crippen LogP contribution in [0.25, 0.3) is 0 Å². The number of nitrogens with zero attached hydrogens (tertiary/aromatic N) is 2. The van der Waals surface area contributed by atoms with E-state index in [1.165, 1.54) is 0 Å². The molecule has 0 spiro atoms. The van der Waals surface area contributed by atoms with Crippen LogP contribution in [-0.2, 0) is 4.74 Å². The number of benzene rings is 1. The number of oxime groups is 1. The van der Waals surface area contributed by atoms with Gasteiger partial charge in [0, 0.05) is 29.9 Å². The van der Waals surface area contributed by atoms with Crippen LogP contribution in [0.15, 0.2) is 23.4 Å². The van der Waals surface area contributed by atoms with Gasteiger partial charge in [-0.25, -0.2) is 0 Å². The number of amidine groups is 1. The Kier molecular flexibility index (Phi) is 5.92. The highest BCUT2D eigenvalue weighted by atomic mass is 35.5. The van der Waals surface area contributed by atoms with Crippen LogP contribution >= 0.6 is 11.6 Å². The quantitative estimate of drug-likeness (QED) is 0.364. The van der Waals surface area contributed by atoms with E-state index in [4.69, 9.17) is 27.3 Å². The first-order chi connectivity index (χ1) is 8.95. The zero-order valence-electron chi connectivity index (χ0n) is 11.4. The van der Waals surface area contributed by atoms with Gasteiger partial charge in [0.15, 0.2) is 5.84 Å². The van der Waals surface area contributed by atoms with Crippen molar-refractivity contribution in [3.63, 3.8) is 0 Å². The highest BCUT2D eigenvalue weighted by Gasteiger charge is 2.12. The molecule has 0 bridgehead atoms. The Hall–Kier alpha value is -1.46. The summed E-state index contributed by atoms with van der Waals surface area (Å²) in [6.07, 6.45) is 0.191. The van der Waals surface area contributed by atoms with Gasteiger partial charge in [0.25, 0.3) is 0 Å². The molecule has 0 saturated carbocycles. The smallest absolute Gasteiger partial charge is 0.172 e. The molecule has 0 fully saturated rings. The largest absolute Gasteiger partial charge is 0.409 e. The maximum absolute atomic E-state index is 8.80. The lowest BCUT2D eigenvalue weighted by atomic mass is 10.1. The van der Waals surface area contributed by atoms with Crippen LogP contribution in [0.2, 0.25) is 5.02 Å². The van der Waals surface area contributed by atoms with Gasteiger partial charge in [0.1, 0.15) is 0 Å². The third kappa shape index (κ3) is 4.61. The molecule has 1 rings (SSSR count). The predicted octanol–water partition coefficient (Wildman–Crippen LogP) is 2.30. The number of nitrogens with two attached hydrogens (primary N) is 1. The van der Waals surface area contributed by atoms with E-state index in [-0.39, 0.29) is 11.9 Å². The molecule has 0 aromatic heterocycles. The number of anilines is 1. The van der Waals surface area contributed by atoms with Crippen LogP contribution in [-0.4, -0.2) is 37.3 Å². The minimum Gasteiger partial charge on any atom is -0.409 e. The second kappa shape index (κ2) is 7.21. The van der Waals surface area contributed by atoms with Crippen molar-refractivity contribution in [1.82, 2.24) is 0 Å². The highest BCUT2D eigenvalue weighted by Crippen LogP contribution is 2.24. The van der Waals surface area contributed by atoms with E-state index >= 15 is 0 Å². The average Bonchev–Trinajstić information content (AvgIpc) is 2.37. The lowest BCUT2D eigenvalue weighted by Gasteiger charge is -2.22. The highest BCUT2D eigenvalue weighted by molar-refractivity contribution is 6.31. The number of ether oxygens (including phenoxy) is 1. The second-order valence-corrected chi connectivity index (χ2v) is 4.92. The molecule has 0 unspecified atom stereocenters. The van der Waals surface area contributed by atoms with E-state index in [9.17, 15) is 0 Å². The molecule has 5 nitrogen and oxygen atoms in total. The van der Waals surface area contributed by atoms with Gasteiger partial charge in [0.05, 0.1) is 12.7 Å². The van der Waals surface area contributed by atoms with Crippen LogP contribution in [0.5, 0.6) is 0 Å². The van der Waals surface area contributed by atoms with Crippen LogP contribution in [0.3, 0.4) is 0 Å². The first kappa shape index (κ1) is 15.6. The molecule has 0 radical (unpaired) electrons. The topological polar surface area (TPSA) is 71.1 Å². The van der Waals surface area contributed by atoms with Gasteiger partial charge in [-0.15, -0.1) is 0 Å². The summed E-state index contributed by atoms with van der Waals surface area (Å²) in [6, 6.07) is 5.22. The number of halogens is 1. The lowest BCUT2D eigenvalue weighted by molar-refractivity contribution is 0.0846. The maximum Gasteiger partial charge on any atom is 0.172 e. The van der Waals surface area contributed by atoms with Gasteiger partial charge in [-0.2, -0.15) is 0 Å². The Bertz CT molecular complexity index is 450. The predicted molar refractivity (Wildman–Crippen MR) is 78.3 cm³/mol. The summed E-state index contributed by atoms with van der Waals surface area (Å²) in [5.74, 6) is 0.0586. The second-order valence-electron chi connectivity index (χ2n) is 4.49. The molecular weight excluding hydrogens is 266 g/mol. The van der Waals surface area contributed by atoms with E-state index in [1.807, 2.05) is 25.8 Å². The van der Waals surface area contributed by atoms with Crippen molar-refractivity contribution in [2.75, 3.05) is 25.1 Å². The van der Waals surface area contributed by atoms with E-state index in [0.717, 1.165) is 5.69 Å². The molecule has 3 N–H and O–H groups in total. The molecule has 0 aliphatic rings. The fraction of sp³-hybridized carbons (Fsp3) is 0.462. The summed E-state index contributed by atoms with van der Waals surface area (Å²) in [7, 11) is 1.91. The Morgan fingerprint density at radius 1 is 1.53 bits per heavy atom. The van der Waals surface area contributed by atoms with Crippen LogP contribution < -0.4 is 10.6 Å². The third-order valence-electron chi connectivity index (χ3n) is 2.63. The Morgan fingerprint density at radius 2 is 2.21 bits per heavy atom. The van der Waals surface area contributed by atoms with E-state index in [2.05, 4.69) is 5.16 Å². The molecule has 1 aromatic rings. The van der Waals surface area contributed by atoms with Gasteiger partial charge >= 0.3 is 0 Å². The number of hydrogen-bond acceptors (Lipinski definition) is 4. The molecule has 106 valence electrons. The molecule has 0 saturated heterocycles. The van der Waals surface area contributed by atoms with Crippen molar-refractivity contribution in [2.24, 2.45) is 10.9 Å². The zero-order valence-corrected chi connectivity index (χ0v) is 12.2. The Morgan fingerprint density at radius 3 is 2.79 bits per heavy atom. The van der Waals surface area contributed by atoms with Crippen molar-refractivity contribution >= 4 is 23.1 Å². The number of hydrogen-bond donors (Lipinski definition) is 2. The summed E-state index contributed by atoms with van der Waals surface area (Å²) >= 11 is 5.99. The normalized spacial score (nSPS) is 11.9. The van der Waals surface area contributed by atoms with Crippen molar-refractivity contribution in [1.29, 1.82) is 0 Å². The van der Waals surface area contributed by atoms with E-state index in [1.54, 1.807) is 18.2 Å². The summed E-state index contributed by atoms with van der Waals surface area (Å²) < 4.78 is 5.51. The SMILES string of the molecule is CC(C)OCCN(C)c1cc(Cl)ccc1/C(N)=N/O. The van der Waals surface area contributed by atoms with Crippen LogP contribution in [0, 0.1) is 0 Å². The monoisotopic (exact) mass is 285 g/mol. The first-order valence-electron chi connectivity index (χ1n) is 6.06. The molecule has 19 heavy (non-hydrogen) atoms. The summed E-state index contributed by atoms with van der Waals surface area (Å²) in [4.78, 5) is 1.96. The molecular formula is C13H20ClN3O2. The summed E-state index contributed by atoms with van der Waals surface area (Å²) in [5.41, 5.74) is 7.10. The average molecular weight is 286 g/mol. The zero-order chi connectivity index (χ0) is 14.4. The van der Waals surface area contributed by atoms with Crippen molar-refractivity contribution in [3.8, 4) is 0 Å². The van der Waals surface area contributed by atoms with Gasteiger partial charge in [-0.3, -0.25) is 0 Å². The van der Waals surface area contributed by atoms with E-state index < -0.39 is 0 Å². The van der Waals surface area contributed by atoms with Gasteiger partial charge in [-0.1, -0.05) is 16.8 Å². The van der Waals surface area contributed by atoms with Gasteiger partial charge in [0.2, 0.25) is 0 Å². The summed E-state index contributed by atoms with van der Waals surface area (Å²) in [6.45, 7) is 5.25. The van der Waals surface area contributed by atoms with Crippen LogP contribution in [0.1, 0.15) is 19.4 Å². The summed E-state index contributed by atoms with van der Waals surface area (Å²) in [5, 5.41) is 12.4. The Labute approximate surface area is 118 Å². The lowest BCUT2D eigenvalue weighted by Crippen LogP contribution is -2.27. The van der Waals surface area contributed by atoms with Crippen molar-refractivity contribution in [2.45, 2.75) is 20.0 Å². The minimum atomic E-state index is 0.0586. The first-order valence-corrected chi connectivity index (χ1v) is 6.43.